The van der Waals surface area contributed by atoms with Gasteiger partial charge in [0.2, 0.25) is 0 Å². The van der Waals surface area contributed by atoms with E-state index in [9.17, 15) is 0 Å². The number of likely N-dealkylation sites (tertiary alicyclic amines) is 1. The van der Waals surface area contributed by atoms with Crippen molar-refractivity contribution in [3.05, 3.63) is 35.4 Å². The van der Waals surface area contributed by atoms with Crippen molar-refractivity contribution in [2.45, 2.75) is 32.7 Å². The summed E-state index contributed by atoms with van der Waals surface area (Å²) in [6.07, 6.45) is 2.22. The van der Waals surface area contributed by atoms with Gasteiger partial charge in [-0.1, -0.05) is 31.2 Å². The summed E-state index contributed by atoms with van der Waals surface area (Å²) in [6, 6.07) is 9.22. The van der Waals surface area contributed by atoms with Crippen LogP contribution in [0.15, 0.2) is 29.3 Å². The molecular weight excluding hydrogens is 491 g/mol. The second kappa shape index (κ2) is 15.0. The fraction of sp³-hybridized carbons (Fsp3) is 0.696. The highest BCUT2D eigenvalue weighted by Gasteiger charge is 2.25. The first-order valence-corrected chi connectivity index (χ1v) is 10.9. The highest BCUT2D eigenvalue weighted by atomic mass is 127. The standard InChI is InChI=1S/C23H40N4O2.HI/c1-6-19-8-10-21(11-9-19)22(26(3)4)16-25-23(24-7-2)27-13-12-20(17-27)18-29-15-14-28-5;/h8-11,20,22H,6-7,12-18H2,1-5H3,(H,24,25);1H. The average Bonchev–Trinajstić information content (AvgIpc) is 3.19. The molecule has 7 heteroatoms. The number of benzene rings is 1. The minimum absolute atomic E-state index is 0. The van der Waals surface area contributed by atoms with Crippen LogP contribution in [0.3, 0.4) is 0 Å². The van der Waals surface area contributed by atoms with Crippen LogP contribution in [0.4, 0.5) is 0 Å². The monoisotopic (exact) mass is 532 g/mol. The maximum atomic E-state index is 5.73. The quantitative estimate of drug-likeness (QED) is 0.205. The van der Waals surface area contributed by atoms with Gasteiger partial charge < -0.3 is 24.6 Å². The predicted octanol–water partition coefficient (Wildman–Crippen LogP) is 3.42. The summed E-state index contributed by atoms with van der Waals surface area (Å²) >= 11 is 0. The van der Waals surface area contributed by atoms with Crippen molar-refractivity contribution >= 4 is 29.9 Å². The van der Waals surface area contributed by atoms with Gasteiger partial charge in [0.05, 0.1) is 32.4 Å². The van der Waals surface area contributed by atoms with Crippen molar-refractivity contribution in [1.29, 1.82) is 0 Å². The molecule has 6 nitrogen and oxygen atoms in total. The number of aryl methyl sites for hydroxylation is 1. The molecule has 2 rings (SSSR count). The van der Waals surface area contributed by atoms with Crippen LogP contribution in [-0.2, 0) is 15.9 Å². The summed E-state index contributed by atoms with van der Waals surface area (Å²) in [5.41, 5.74) is 2.69. The Kier molecular flexibility index (Phi) is 13.6. The molecule has 2 unspecified atom stereocenters. The Morgan fingerprint density at radius 2 is 1.97 bits per heavy atom. The van der Waals surface area contributed by atoms with Gasteiger partial charge in [0, 0.05) is 32.7 Å². The Morgan fingerprint density at radius 1 is 1.23 bits per heavy atom. The number of halogens is 1. The molecule has 1 fully saturated rings. The molecule has 1 aliphatic rings. The van der Waals surface area contributed by atoms with Gasteiger partial charge in [-0.05, 0) is 45.0 Å². The lowest BCUT2D eigenvalue weighted by molar-refractivity contribution is 0.0536. The molecule has 30 heavy (non-hydrogen) atoms. The Bertz CT molecular complexity index is 610. The maximum absolute atomic E-state index is 5.73. The summed E-state index contributed by atoms with van der Waals surface area (Å²) < 4.78 is 10.8. The molecule has 1 saturated heterocycles. The number of hydrogen-bond acceptors (Lipinski definition) is 4. The second-order valence-corrected chi connectivity index (χ2v) is 7.94. The largest absolute Gasteiger partial charge is 0.382 e. The van der Waals surface area contributed by atoms with Crippen LogP contribution >= 0.6 is 24.0 Å². The number of likely N-dealkylation sites (N-methyl/N-ethyl adjacent to an activating group) is 1. The highest BCUT2D eigenvalue weighted by molar-refractivity contribution is 14.0. The van der Waals surface area contributed by atoms with E-state index in [1.807, 2.05) is 0 Å². The van der Waals surface area contributed by atoms with Gasteiger partial charge in [-0.15, -0.1) is 24.0 Å². The first kappa shape index (κ1) is 27.1. The number of nitrogens with zero attached hydrogens (tertiary/aromatic N) is 3. The third-order valence-corrected chi connectivity index (χ3v) is 5.52. The van der Waals surface area contributed by atoms with E-state index in [-0.39, 0.29) is 30.0 Å². The van der Waals surface area contributed by atoms with Crippen molar-refractivity contribution < 1.29 is 9.47 Å². The molecule has 0 saturated carbocycles. The topological polar surface area (TPSA) is 49.3 Å². The fourth-order valence-corrected chi connectivity index (χ4v) is 3.69. The van der Waals surface area contributed by atoms with Crippen LogP contribution < -0.4 is 5.32 Å². The summed E-state index contributed by atoms with van der Waals surface area (Å²) in [5, 5.41) is 3.48. The van der Waals surface area contributed by atoms with Crippen LogP contribution in [0, 0.1) is 5.92 Å². The summed E-state index contributed by atoms with van der Waals surface area (Å²) in [7, 11) is 5.97. The van der Waals surface area contributed by atoms with E-state index in [2.05, 4.69) is 67.3 Å². The Balaban J connectivity index is 0.00000450. The molecule has 0 aliphatic carbocycles. The molecule has 1 heterocycles. The zero-order valence-electron chi connectivity index (χ0n) is 19.4. The number of nitrogens with one attached hydrogen (secondary N) is 1. The second-order valence-electron chi connectivity index (χ2n) is 7.94. The highest BCUT2D eigenvalue weighted by Crippen LogP contribution is 2.21. The Labute approximate surface area is 200 Å². The number of hydrogen-bond donors (Lipinski definition) is 1. The average molecular weight is 533 g/mol. The minimum Gasteiger partial charge on any atom is -0.382 e. The fourth-order valence-electron chi connectivity index (χ4n) is 3.69. The van der Waals surface area contributed by atoms with Crippen LogP contribution in [0.25, 0.3) is 0 Å². The van der Waals surface area contributed by atoms with Crippen molar-refractivity contribution in [3.8, 4) is 0 Å². The predicted molar refractivity (Wildman–Crippen MR) is 136 cm³/mol. The van der Waals surface area contributed by atoms with E-state index in [0.29, 0.717) is 19.1 Å². The lowest BCUT2D eigenvalue weighted by atomic mass is 10.0. The van der Waals surface area contributed by atoms with Gasteiger partial charge in [-0.25, -0.2) is 0 Å². The SMILES string of the molecule is CCNC(=NCC(c1ccc(CC)cc1)N(C)C)N1CCC(COCCOC)C1.I. The van der Waals surface area contributed by atoms with E-state index >= 15 is 0 Å². The minimum atomic E-state index is 0. The number of methoxy groups -OCH3 is 1. The zero-order chi connectivity index (χ0) is 21.1. The first-order chi connectivity index (χ1) is 14.1. The molecule has 0 aromatic heterocycles. The van der Waals surface area contributed by atoms with Crippen LogP contribution in [0.5, 0.6) is 0 Å². The number of aliphatic imine (C=N–C) groups is 1. The maximum Gasteiger partial charge on any atom is 0.193 e. The molecule has 2 atom stereocenters. The lowest BCUT2D eigenvalue weighted by Crippen LogP contribution is -2.41. The molecule has 1 aromatic carbocycles. The number of guanidine groups is 1. The third kappa shape index (κ3) is 8.69. The van der Waals surface area contributed by atoms with Crippen molar-refractivity contribution in [2.75, 3.05) is 67.2 Å². The zero-order valence-corrected chi connectivity index (χ0v) is 21.7. The molecule has 1 N–H and O–H groups in total. The van der Waals surface area contributed by atoms with E-state index in [1.54, 1.807) is 7.11 Å². The summed E-state index contributed by atoms with van der Waals surface area (Å²) in [6.45, 7) is 10.1. The molecule has 0 amide bonds. The van der Waals surface area contributed by atoms with Crippen LogP contribution in [0.1, 0.15) is 37.4 Å². The van der Waals surface area contributed by atoms with Crippen molar-refractivity contribution in [2.24, 2.45) is 10.9 Å². The van der Waals surface area contributed by atoms with Gasteiger partial charge in [0.1, 0.15) is 0 Å². The van der Waals surface area contributed by atoms with Gasteiger partial charge in [-0.2, -0.15) is 0 Å². The van der Waals surface area contributed by atoms with E-state index in [0.717, 1.165) is 51.6 Å². The first-order valence-electron chi connectivity index (χ1n) is 10.9. The van der Waals surface area contributed by atoms with Crippen molar-refractivity contribution in [3.63, 3.8) is 0 Å². The Hall–Kier alpha value is -0.900. The van der Waals surface area contributed by atoms with Gasteiger partial charge in [-0.3, -0.25) is 4.99 Å². The normalized spacial score (nSPS) is 17.9. The summed E-state index contributed by atoms with van der Waals surface area (Å²) in [5.74, 6) is 1.57. The molecule has 1 aromatic rings. The molecule has 0 spiro atoms. The Morgan fingerprint density at radius 3 is 2.57 bits per heavy atom. The molecule has 0 bridgehead atoms. The van der Waals surface area contributed by atoms with E-state index in [4.69, 9.17) is 14.5 Å². The van der Waals surface area contributed by atoms with Crippen LogP contribution in [0.2, 0.25) is 0 Å². The van der Waals surface area contributed by atoms with E-state index < -0.39 is 0 Å². The van der Waals surface area contributed by atoms with Crippen molar-refractivity contribution in [1.82, 2.24) is 15.1 Å². The van der Waals surface area contributed by atoms with Gasteiger partial charge >= 0.3 is 0 Å². The molecular formula is C23H41IN4O2. The molecule has 0 radical (unpaired) electrons. The lowest BCUT2D eigenvalue weighted by Gasteiger charge is -2.26. The third-order valence-electron chi connectivity index (χ3n) is 5.52. The van der Waals surface area contributed by atoms with Gasteiger partial charge in [0.25, 0.3) is 0 Å². The number of ether oxygens (including phenoxy) is 2. The summed E-state index contributed by atoms with van der Waals surface area (Å²) in [4.78, 5) is 9.64. The smallest absolute Gasteiger partial charge is 0.193 e. The van der Waals surface area contributed by atoms with E-state index in [1.165, 1.54) is 11.1 Å². The number of rotatable bonds is 11. The molecule has 172 valence electrons. The van der Waals surface area contributed by atoms with Gasteiger partial charge in [0.15, 0.2) is 5.96 Å². The van der Waals surface area contributed by atoms with Crippen LogP contribution in [-0.4, -0.2) is 83.0 Å². The molecule has 1 aliphatic heterocycles.